The molecule has 0 N–H and O–H groups in total. The van der Waals surface area contributed by atoms with Gasteiger partial charge in [0, 0.05) is 19.7 Å². The lowest BCUT2D eigenvalue weighted by Gasteiger charge is -2.27. The fraction of sp³-hybridized carbons (Fsp3) is 0.533. The number of nitrogens with zero attached hydrogens (tertiary/aromatic N) is 1. The third kappa shape index (κ3) is 3.32. The second-order valence-electron chi connectivity index (χ2n) is 5.04. The summed E-state index contributed by atoms with van der Waals surface area (Å²) in [6, 6.07) is 6.71. The summed E-state index contributed by atoms with van der Waals surface area (Å²) < 4.78 is 18.0. The van der Waals surface area contributed by atoms with Crippen LogP contribution in [0.25, 0.3) is 0 Å². The predicted molar refractivity (Wildman–Crippen MR) is 71.3 cm³/mol. The minimum atomic E-state index is -0.395. The summed E-state index contributed by atoms with van der Waals surface area (Å²) in [5, 5.41) is 0. The summed E-state index contributed by atoms with van der Waals surface area (Å²) in [6.07, 6.45) is 2.41. The van der Waals surface area contributed by atoms with Crippen LogP contribution in [0.3, 0.4) is 0 Å². The van der Waals surface area contributed by atoms with E-state index in [-0.39, 0.29) is 17.8 Å². The van der Waals surface area contributed by atoms with Crippen molar-refractivity contribution in [3.63, 3.8) is 0 Å². The third-order valence-electron chi connectivity index (χ3n) is 3.75. The van der Waals surface area contributed by atoms with E-state index in [9.17, 15) is 9.18 Å². The highest BCUT2D eigenvalue weighted by molar-refractivity contribution is 5.81. The molecule has 4 heteroatoms. The average Bonchev–Trinajstić information content (AvgIpc) is 2.87. The number of rotatable bonds is 4. The van der Waals surface area contributed by atoms with Crippen molar-refractivity contribution in [2.45, 2.75) is 38.3 Å². The standard InChI is InChI=1S/C15H20FNO2/c1-11(19-2)15(18)17-9-3-4-14(17)10-12-5-7-13(16)8-6-12/h5-8,11,14H,3-4,9-10H2,1-2H3. The second kappa shape index (κ2) is 6.15. The lowest BCUT2D eigenvalue weighted by Crippen LogP contribution is -2.42. The lowest BCUT2D eigenvalue weighted by molar-refractivity contribution is -0.141. The largest absolute Gasteiger partial charge is 0.372 e. The van der Waals surface area contributed by atoms with E-state index in [0.29, 0.717) is 0 Å². The zero-order chi connectivity index (χ0) is 13.8. The first-order valence-electron chi connectivity index (χ1n) is 6.69. The van der Waals surface area contributed by atoms with Crippen molar-refractivity contribution in [1.29, 1.82) is 0 Å². The Labute approximate surface area is 113 Å². The van der Waals surface area contributed by atoms with Crippen molar-refractivity contribution in [3.8, 4) is 0 Å². The van der Waals surface area contributed by atoms with Crippen LogP contribution in [0.15, 0.2) is 24.3 Å². The number of carbonyl (C=O) groups excluding carboxylic acids is 1. The van der Waals surface area contributed by atoms with Crippen LogP contribution in [0.5, 0.6) is 0 Å². The predicted octanol–water partition coefficient (Wildman–Crippen LogP) is 2.39. The maximum atomic E-state index is 12.9. The molecule has 104 valence electrons. The normalized spacial score (nSPS) is 20.6. The van der Waals surface area contributed by atoms with Crippen molar-refractivity contribution >= 4 is 5.91 Å². The number of hydrogen-bond acceptors (Lipinski definition) is 2. The summed E-state index contributed by atoms with van der Waals surface area (Å²) >= 11 is 0. The quantitative estimate of drug-likeness (QED) is 0.836. The molecule has 19 heavy (non-hydrogen) atoms. The van der Waals surface area contributed by atoms with E-state index < -0.39 is 6.10 Å². The van der Waals surface area contributed by atoms with Gasteiger partial charge >= 0.3 is 0 Å². The molecule has 2 rings (SSSR count). The van der Waals surface area contributed by atoms with Gasteiger partial charge in [-0.2, -0.15) is 0 Å². The molecular weight excluding hydrogens is 245 g/mol. The highest BCUT2D eigenvalue weighted by Crippen LogP contribution is 2.22. The number of benzene rings is 1. The first-order chi connectivity index (χ1) is 9.11. The van der Waals surface area contributed by atoms with Crippen LogP contribution in [0.2, 0.25) is 0 Å². The molecule has 0 spiro atoms. The number of ether oxygens (including phenoxy) is 1. The maximum Gasteiger partial charge on any atom is 0.251 e. The summed E-state index contributed by atoms with van der Waals surface area (Å²) in [5.41, 5.74) is 1.07. The SMILES string of the molecule is COC(C)C(=O)N1CCCC1Cc1ccc(F)cc1. The van der Waals surface area contributed by atoms with Gasteiger partial charge < -0.3 is 9.64 Å². The number of hydrogen-bond donors (Lipinski definition) is 0. The Morgan fingerprint density at radius 1 is 1.47 bits per heavy atom. The zero-order valence-corrected chi connectivity index (χ0v) is 11.4. The van der Waals surface area contributed by atoms with Crippen molar-refractivity contribution < 1.29 is 13.9 Å². The summed E-state index contributed by atoms with van der Waals surface area (Å²) in [7, 11) is 1.55. The molecule has 1 saturated heterocycles. The van der Waals surface area contributed by atoms with Gasteiger partial charge in [-0.25, -0.2) is 4.39 Å². The molecule has 1 aliphatic heterocycles. The van der Waals surface area contributed by atoms with Gasteiger partial charge in [0.05, 0.1) is 0 Å². The molecule has 1 heterocycles. The van der Waals surface area contributed by atoms with Crippen LogP contribution in [0, 0.1) is 5.82 Å². The first-order valence-corrected chi connectivity index (χ1v) is 6.69. The maximum absolute atomic E-state index is 12.9. The Balaban J connectivity index is 2.02. The lowest BCUT2D eigenvalue weighted by atomic mass is 10.0. The van der Waals surface area contributed by atoms with E-state index in [1.165, 1.54) is 12.1 Å². The fourth-order valence-electron chi connectivity index (χ4n) is 2.56. The van der Waals surface area contributed by atoms with Gasteiger partial charge in [-0.3, -0.25) is 4.79 Å². The number of carbonyl (C=O) groups is 1. The Morgan fingerprint density at radius 3 is 2.79 bits per heavy atom. The van der Waals surface area contributed by atoms with Crippen LogP contribution in [0.1, 0.15) is 25.3 Å². The summed E-state index contributed by atoms with van der Waals surface area (Å²) in [4.78, 5) is 14.1. The van der Waals surface area contributed by atoms with Crippen LogP contribution in [-0.2, 0) is 16.0 Å². The highest BCUT2D eigenvalue weighted by atomic mass is 19.1. The molecule has 0 radical (unpaired) electrons. The first kappa shape index (κ1) is 14.0. The molecule has 1 aromatic carbocycles. The van der Waals surface area contributed by atoms with E-state index in [2.05, 4.69) is 0 Å². The van der Waals surface area contributed by atoms with Gasteiger partial charge in [-0.15, -0.1) is 0 Å². The van der Waals surface area contributed by atoms with E-state index >= 15 is 0 Å². The Kier molecular flexibility index (Phi) is 4.53. The molecule has 0 aromatic heterocycles. The van der Waals surface area contributed by atoms with Crippen molar-refractivity contribution in [2.75, 3.05) is 13.7 Å². The summed E-state index contributed by atoms with van der Waals surface area (Å²) in [5.74, 6) is -0.178. The fourth-order valence-corrected chi connectivity index (χ4v) is 2.56. The van der Waals surface area contributed by atoms with E-state index in [0.717, 1.165) is 31.4 Å². The second-order valence-corrected chi connectivity index (χ2v) is 5.04. The number of halogens is 1. The molecule has 0 bridgehead atoms. The van der Waals surface area contributed by atoms with Gasteiger partial charge in [-0.1, -0.05) is 12.1 Å². The number of amides is 1. The molecule has 2 unspecified atom stereocenters. The van der Waals surface area contributed by atoms with E-state index in [1.807, 2.05) is 4.90 Å². The minimum absolute atomic E-state index is 0.0483. The van der Waals surface area contributed by atoms with E-state index in [4.69, 9.17) is 4.74 Å². The smallest absolute Gasteiger partial charge is 0.251 e. The number of likely N-dealkylation sites (tertiary alicyclic amines) is 1. The van der Waals surface area contributed by atoms with Gasteiger partial charge in [0.25, 0.3) is 5.91 Å². The third-order valence-corrected chi connectivity index (χ3v) is 3.75. The molecule has 0 aliphatic carbocycles. The van der Waals surface area contributed by atoms with E-state index in [1.54, 1.807) is 26.2 Å². The summed E-state index contributed by atoms with van der Waals surface area (Å²) in [6.45, 7) is 2.56. The molecule has 1 fully saturated rings. The highest BCUT2D eigenvalue weighted by Gasteiger charge is 2.31. The van der Waals surface area contributed by atoms with Crippen LogP contribution in [0.4, 0.5) is 4.39 Å². The Bertz CT molecular complexity index is 432. The molecule has 1 aromatic rings. The van der Waals surface area contributed by atoms with Crippen LogP contribution in [-0.4, -0.2) is 36.6 Å². The Hall–Kier alpha value is -1.42. The monoisotopic (exact) mass is 265 g/mol. The van der Waals surface area contributed by atoms with Crippen molar-refractivity contribution in [3.05, 3.63) is 35.6 Å². The average molecular weight is 265 g/mol. The minimum Gasteiger partial charge on any atom is -0.372 e. The molecule has 3 nitrogen and oxygen atoms in total. The van der Waals surface area contributed by atoms with Crippen molar-refractivity contribution in [2.24, 2.45) is 0 Å². The molecule has 2 atom stereocenters. The van der Waals surface area contributed by atoms with Gasteiger partial charge in [0.15, 0.2) is 0 Å². The van der Waals surface area contributed by atoms with Gasteiger partial charge in [-0.05, 0) is 43.9 Å². The zero-order valence-electron chi connectivity index (χ0n) is 11.4. The molecule has 1 amide bonds. The van der Waals surface area contributed by atoms with Crippen molar-refractivity contribution in [1.82, 2.24) is 4.90 Å². The Morgan fingerprint density at radius 2 is 2.16 bits per heavy atom. The van der Waals surface area contributed by atoms with Gasteiger partial charge in [0.1, 0.15) is 11.9 Å². The van der Waals surface area contributed by atoms with Crippen LogP contribution < -0.4 is 0 Å². The molecular formula is C15H20FNO2. The topological polar surface area (TPSA) is 29.5 Å². The molecule has 0 saturated carbocycles. The van der Waals surface area contributed by atoms with Gasteiger partial charge in [0.2, 0.25) is 0 Å². The molecule has 1 aliphatic rings. The number of methoxy groups -OCH3 is 1. The van der Waals surface area contributed by atoms with Crippen LogP contribution >= 0.6 is 0 Å².